The molecule has 0 amide bonds. The second kappa shape index (κ2) is 17.7. The van der Waals surface area contributed by atoms with Gasteiger partial charge in [-0.25, -0.2) is 0 Å². The van der Waals surface area contributed by atoms with Crippen LogP contribution in [0.2, 0.25) is 0 Å². The van der Waals surface area contributed by atoms with Gasteiger partial charge < -0.3 is 19.3 Å². The second-order valence-electron chi connectivity index (χ2n) is 6.90. The van der Waals surface area contributed by atoms with E-state index in [0.29, 0.717) is 12.8 Å². The molecule has 0 aliphatic carbocycles. The van der Waals surface area contributed by atoms with E-state index in [0.717, 1.165) is 31.8 Å². The van der Waals surface area contributed by atoms with Crippen LogP contribution in [0, 0.1) is 35.5 Å². The second-order valence-corrected chi connectivity index (χ2v) is 7.95. The van der Waals surface area contributed by atoms with Gasteiger partial charge in [-0.1, -0.05) is 53.7 Å². The first-order valence-electron chi connectivity index (χ1n) is 10.9. The number of hydrogen-bond donors (Lipinski definition) is 1. The summed E-state index contributed by atoms with van der Waals surface area (Å²) in [6, 6.07) is 10.2. The molecule has 2 aliphatic heterocycles. The molecule has 1 aromatic rings. The molecule has 31 heavy (non-hydrogen) atoms. The van der Waals surface area contributed by atoms with Crippen LogP contribution in [0.1, 0.15) is 51.4 Å². The Balaban J connectivity index is 0.000000231. The van der Waals surface area contributed by atoms with E-state index >= 15 is 0 Å². The van der Waals surface area contributed by atoms with Crippen molar-refractivity contribution in [1.82, 2.24) is 0 Å². The lowest BCUT2D eigenvalue weighted by Crippen LogP contribution is -2.31. The Morgan fingerprint density at radius 2 is 1.39 bits per heavy atom. The van der Waals surface area contributed by atoms with Crippen molar-refractivity contribution in [3.63, 3.8) is 0 Å². The SMILES string of the molecule is C1CCC(OC2CCCCO2)OC1.OCC#CCC#CCC#CCSc1ccccc1. The first-order chi connectivity index (χ1) is 15.4. The molecule has 2 atom stereocenters. The summed E-state index contributed by atoms with van der Waals surface area (Å²) in [7, 11) is 0. The van der Waals surface area contributed by atoms with Gasteiger partial charge in [-0.15, -0.1) is 11.8 Å². The number of aliphatic hydroxyl groups is 1. The van der Waals surface area contributed by atoms with Gasteiger partial charge >= 0.3 is 0 Å². The quantitative estimate of drug-likeness (QED) is 0.547. The van der Waals surface area contributed by atoms with Crippen molar-refractivity contribution in [2.24, 2.45) is 0 Å². The van der Waals surface area contributed by atoms with E-state index < -0.39 is 0 Å². The molecule has 2 aliphatic rings. The summed E-state index contributed by atoms with van der Waals surface area (Å²) in [5, 5.41) is 8.41. The van der Waals surface area contributed by atoms with Crippen molar-refractivity contribution in [3.05, 3.63) is 30.3 Å². The summed E-state index contributed by atoms with van der Waals surface area (Å²) >= 11 is 1.72. The third-order valence-corrected chi connectivity index (χ3v) is 5.34. The Morgan fingerprint density at radius 1 is 0.806 bits per heavy atom. The number of hydrogen-bond acceptors (Lipinski definition) is 5. The van der Waals surface area contributed by atoms with Gasteiger partial charge in [0, 0.05) is 18.1 Å². The first-order valence-corrected chi connectivity index (χ1v) is 11.9. The minimum atomic E-state index is -0.0990. The molecule has 3 rings (SSSR count). The van der Waals surface area contributed by atoms with Crippen molar-refractivity contribution in [3.8, 4) is 35.5 Å². The lowest BCUT2D eigenvalue weighted by Gasteiger charge is -2.29. The highest BCUT2D eigenvalue weighted by molar-refractivity contribution is 7.99. The molecular formula is C26H32O4S. The van der Waals surface area contributed by atoms with Crippen LogP contribution in [-0.2, 0) is 14.2 Å². The van der Waals surface area contributed by atoms with Crippen LogP contribution in [0.3, 0.4) is 0 Å². The van der Waals surface area contributed by atoms with Gasteiger partial charge in [0.1, 0.15) is 6.61 Å². The monoisotopic (exact) mass is 440 g/mol. The Hall–Kier alpha value is -1.91. The third kappa shape index (κ3) is 13.2. The van der Waals surface area contributed by atoms with E-state index in [2.05, 4.69) is 47.7 Å². The standard InChI is InChI=1S/C16H14OS.C10H18O3/c17-14-10-5-3-1-2-4-6-11-15-18-16-12-8-7-9-13-16;1-3-7-11-9(5-1)13-10-6-2-4-8-12-10/h7-9,12-13,17H,3-4,14-15H2;9-10H,1-8H2. The highest BCUT2D eigenvalue weighted by atomic mass is 32.2. The Morgan fingerprint density at radius 3 is 1.94 bits per heavy atom. The highest BCUT2D eigenvalue weighted by Gasteiger charge is 2.21. The predicted octanol–water partition coefficient (Wildman–Crippen LogP) is 4.62. The van der Waals surface area contributed by atoms with E-state index in [9.17, 15) is 0 Å². The lowest BCUT2D eigenvalue weighted by atomic mass is 10.2. The maximum atomic E-state index is 8.41. The number of rotatable bonds is 4. The fourth-order valence-corrected chi connectivity index (χ4v) is 3.58. The third-order valence-electron chi connectivity index (χ3n) is 4.44. The molecular weight excluding hydrogens is 408 g/mol. The Kier molecular flexibility index (Phi) is 14.5. The molecule has 166 valence electrons. The van der Waals surface area contributed by atoms with Gasteiger partial charge in [0.05, 0.1) is 18.6 Å². The van der Waals surface area contributed by atoms with Crippen LogP contribution in [0.15, 0.2) is 35.2 Å². The van der Waals surface area contributed by atoms with Crippen LogP contribution in [0.4, 0.5) is 0 Å². The van der Waals surface area contributed by atoms with Crippen LogP contribution in [0.5, 0.6) is 0 Å². The highest BCUT2D eigenvalue weighted by Crippen LogP contribution is 2.20. The van der Waals surface area contributed by atoms with Crippen molar-refractivity contribution in [2.45, 2.75) is 68.8 Å². The zero-order chi connectivity index (χ0) is 21.8. The average Bonchev–Trinajstić information content (AvgIpc) is 2.83. The average molecular weight is 441 g/mol. The van der Waals surface area contributed by atoms with E-state index in [4.69, 9.17) is 19.3 Å². The molecule has 4 nitrogen and oxygen atoms in total. The van der Waals surface area contributed by atoms with Gasteiger partial charge in [0.2, 0.25) is 0 Å². The number of aliphatic hydroxyl groups excluding tert-OH is 1. The van der Waals surface area contributed by atoms with Gasteiger partial charge in [0.25, 0.3) is 0 Å². The van der Waals surface area contributed by atoms with E-state index in [-0.39, 0.29) is 19.2 Å². The van der Waals surface area contributed by atoms with Crippen LogP contribution in [0.25, 0.3) is 0 Å². The first kappa shape index (κ1) is 25.4. The summed E-state index contributed by atoms with van der Waals surface area (Å²) in [6.07, 6.45) is 7.91. The molecule has 0 saturated carbocycles. The smallest absolute Gasteiger partial charge is 0.160 e. The molecule has 0 radical (unpaired) electrons. The van der Waals surface area contributed by atoms with Crippen molar-refractivity contribution < 1.29 is 19.3 Å². The van der Waals surface area contributed by atoms with Crippen molar-refractivity contribution >= 4 is 11.8 Å². The molecule has 2 saturated heterocycles. The zero-order valence-electron chi connectivity index (χ0n) is 18.1. The fourth-order valence-electron chi connectivity index (χ4n) is 2.89. The number of benzene rings is 1. The Labute approximate surface area is 191 Å². The van der Waals surface area contributed by atoms with Crippen molar-refractivity contribution in [2.75, 3.05) is 25.6 Å². The Bertz CT molecular complexity index is 748. The molecule has 5 heteroatoms. The van der Waals surface area contributed by atoms with Crippen LogP contribution in [-0.4, -0.2) is 43.3 Å². The van der Waals surface area contributed by atoms with E-state index in [1.54, 1.807) is 11.8 Å². The summed E-state index contributed by atoms with van der Waals surface area (Å²) in [5.41, 5.74) is 0. The molecule has 0 aromatic heterocycles. The maximum absolute atomic E-state index is 8.41. The maximum Gasteiger partial charge on any atom is 0.160 e. The van der Waals surface area contributed by atoms with Gasteiger partial charge in [-0.3, -0.25) is 0 Å². The topological polar surface area (TPSA) is 47.9 Å². The minimum Gasteiger partial charge on any atom is -0.384 e. The molecule has 1 N–H and O–H groups in total. The molecule has 2 fully saturated rings. The summed E-state index contributed by atoms with van der Waals surface area (Å²) in [6.45, 7) is 1.59. The lowest BCUT2D eigenvalue weighted by molar-refractivity contribution is -0.264. The van der Waals surface area contributed by atoms with Crippen LogP contribution >= 0.6 is 11.8 Å². The molecule has 2 unspecified atom stereocenters. The van der Waals surface area contributed by atoms with Crippen molar-refractivity contribution in [1.29, 1.82) is 0 Å². The molecule has 2 heterocycles. The van der Waals surface area contributed by atoms with Crippen LogP contribution < -0.4 is 0 Å². The molecule has 0 bridgehead atoms. The normalized spacial score (nSPS) is 19.8. The fraction of sp³-hybridized carbons (Fsp3) is 0.538. The molecule has 0 spiro atoms. The largest absolute Gasteiger partial charge is 0.384 e. The van der Waals surface area contributed by atoms with E-state index in [1.807, 2.05) is 18.2 Å². The summed E-state index contributed by atoms with van der Waals surface area (Å²) in [4.78, 5) is 1.23. The summed E-state index contributed by atoms with van der Waals surface area (Å²) < 4.78 is 16.6. The molecule has 1 aromatic carbocycles. The number of thioether (sulfide) groups is 1. The van der Waals surface area contributed by atoms with Gasteiger partial charge in [-0.2, -0.15) is 0 Å². The van der Waals surface area contributed by atoms with Gasteiger partial charge in [-0.05, 0) is 50.7 Å². The van der Waals surface area contributed by atoms with E-state index in [1.165, 1.54) is 30.6 Å². The predicted molar refractivity (Wildman–Crippen MR) is 125 cm³/mol. The zero-order valence-corrected chi connectivity index (χ0v) is 18.9. The summed E-state index contributed by atoms with van der Waals surface area (Å²) in [5.74, 6) is 17.9. The number of ether oxygens (including phenoxy) is 3. The minimum absolute atomic E-state index is 0.00292. The van der Waals surface area contributed by atoms with Gasteiger partial charge in [0.15, 0.2) is 12.6 Å².